The maximum atomic E-state index is 14.6. The molecule has 1 amide bonds. The number of methoxy groups -OCH3 is 1. The van der Waals surface area contributed by atoms with Crippen LogP contribution < -0.4 is 10.1 Å². The van der Waals surface area contributed by atoms with Crippen molar-refractivity contribution < 1.29 is 23.4 Å². The average Bonchev–Trinajstić information content (AvgIpc) is 2.59. The lowest BCUT2D eigenvalue weighted by molar-refractivity contribution is -0.157. The van der Waals surface area contributed by atoms with Gasteiger partial charge in [0.2, 0.25) is 0 Å². The Balaban J connectivity index is 2.15. The number of nitrogens with one attached hydrogen (secondary N) is 1. The Morgan fingerprint density at radius 1 is 1.38 bits per heavy atom. The summed E-state index contributed by atoms with van der Waals surface area (Å²) in [6.45, 7) is 4.98. The van der Waals surface area contributed by atoms with E-state index in [-0.39, 0.29) is 29.1 Å². The number of carbonyl (C=O) groups excluding carboxylic acids is 1. The Morgan fingerprint density at radius 3 is 2.65 bits per heavy atom. The second kappa shape index (κ2) is 7.91. The Hall–Kier alpha value is -1.69. The minimum Gasteiger partial charge on any atom is -0.496 e. The van der Waals surface area contributed by atoms with Crippen LogP contribution in [-0.4, -0.2) is 30.3 Å². The normalized spacial score (nSPS) is 26.6. The average molecular weight is 369 g/mol. The van der Waals surface area contributed by atoms with Crippen molar-refractivity contribution in [3.05, 3.63) is 29.8 Å². The van der Waals surface area contributed by atoms with Crippen molar-refractivity contribution in [3.63, 3.8) is 0 Å². The van der Waals surface area contributed by atoms with Gasteiger partial charge < -0.3 is 15.2 Å². The first-order valence-electron chi connectivity index (χ1n) is 9.13. The van der Waals surface area contributed by atoms with E-state index in [1.165, 1.54) is 25.3 Å². The topological polar surface area (TPSA) is 58.6 Å². The number of aliphatic hydroxyl groups is 1. The standard InChI is InChI=1S/C20H29F2NO3/c1-13(2)15-10-9-14(3)11-19(15,25)18(24)23-12-20(21,22)16-7-5-6-8-17(16)26-4/h5-8,13-15,25H,9-12H2,1-4H3,(H,23,24). The highest BCUT2D eigenvalue weighted by atomic mass is 19.3. The molecule has 2 N–H and O–H groups in total. The van der Waals surface area contributed by atoms with Gasteiger partial charge in [-0.25, -0.2) is 0 Å². The monoisotopic (exact) mass is 369 g/mol. The molecule has 1 saturated carbocycles. The molecule has 1 aromatic carbocycles. The Kier molecular flexibility index (Phi) is 6.27. The molecule has 4 nitrogen and oxygen atoms in total. The summed E-state index contributed by atoms with van der Waals surface area (Å²) in [6, 6.07) is 5.84. The number of amides is 1. The number of para-hydroxylation sites is 1. The highest BCUT2D eigenvalue weighted by Gasteiger charge is 2.49. The quantitative estimate of drug-likeness (QED) is 0.803. The van der Waals surface area contributed by atoms with Gasteiger partial charge in [-0.1, -0.05) is 39.3 Å². The van der Waals surface area contributed by atoms with Crippen LogP contribution in [0.4, 0.5) is 8.78 Å². The minimum atomic E-state index is -3.30. The van der Waals surface area contributed by atoms with Crippen LogP contribution in [0.3, 0.4) is 0 Å². The van der Waals surface area contributed by atoms with Gasteiger partial charge in [0, 0.05) is 0 Å². The molecular weight excluding hydrogens is 340 g/mol. The maximum absolute atomic E-state index is 14.6. The summed E-state index contributed by atoms with van der Waals surface area (Å²) in [7, 11) is 1.33. The maximum Gasteiger partial charge on any atom is 0.293 e. The van der Waals surface area contributed by atoms with E-state index in [2.05, 4.69) is 5.32 Å². The van der Waals surface area contributed by atoms with Crippen molar-refractivity contribution in [2.45, 2.75) is 51.6 Å². The van der Waals surface area contributed by atoms with Gasteiger partial charge in [0.1, 0.15) is 11.4 Å². The molecule has 0 aromatic heterocycles. The number of hydrogen-bond acceptors (Lipinski definition) is 3. The van der Waals surface area contributed by atoms with Crippen molar-refractivity contribution in [1.29, 1.82) is 0 Å². The summed E-state index contributed by atoms with van der Waals surface area (Å²) >= 11 is 0. The van der Waals surface area contributed by atoms with Crippen LogP contribution in [0, 0.1) is 17.8 Å². The van der Waals surface area contributed by atoms with Crippen LogP contribution in [0.1, 0.15) is 45.6 Å². The molecule has 0 saturated heterocycles. The van der Waals surface area contributed by atoms with Crippen molar-refractivity contribution in [2.24, 2.45) is 17.8 Å². The molecular formula is C20H29F2NO3. The molecule has 6 heteroatoms. The molecule has 0 spiro atoms. The van der Waals surface area contributed by atoms with E-state index < -0.39 is 24.0 Å². The lowest BCUT2D eigenvalue weighted by Crippen LogP contribution is -2.57. The fourth-order valence-electron chi connectivity index (χ4n) is 4.02. The number of carbonyl (C=O) groups is 1. The summed E-state index contributed by atoms with van der Waals surface area (Å²) in [5, 5.41) is 13.3. The number of hydrogen-bond donors (Lipinski definition) is 2. The van der Waals surface area contributed by atoms with Gasteiger partial charge in [0.05, 0.1) is 19.2 Å². The molecule has 0 aliphatic heterocycles. The van der Waals surface area contributed by atoms with Crippen LogP contribution in [0.25, 0.3) is 0 Å². The molecule has 0 radical (unpaired) electrons. The zero-order valence-corrected chi connectivity index (χ0v) is 15.9. The lowest BCUT2D eigenvalue weighted by atomic mass is 9.66. The molecule has 0 bridgehead atoms. The van der Waals surface area contributed by atoms with Gasteiger partial charge in [-0.05, 0) is 42.7 Å². The third kappa shape index (κ3) is 4.17. The third-order valence-corrected chi connectivity index (χ3v) is 5.41. The largest absolute Gasteiger partial charge is 0.496 e. The SMILES string of the molecule is COc1ccccc1C(F)(F)CNC(=O)C1(O)CC(C)CCC1C(C)C. The van der Waals surface area contributed by atoms with Crippen LogP contribution >= 0.6 is 0 Å². The molecule has 1 aliphatic carbocycles. The second-order valence-electron chi connectivity index (χ2n) is 7.75. The van der Waals surface area contributed by atoms with Gasteiger partial charge in [-0.2, -0.15) is 8.78 Å². The van der Waals surface area contributed by atoms with Gasteiger partial charge >= 0.3 is 0 Å². The number of benzene rings is 1. The van der Waals surface area contributed by atoms with Crippen LogP contribution in [0.2, 0.25) is 0 Å². The van der Waals surface area contributed by atoms with Crippen molar-refractivity contribution in [3.8, 4) is 5.75 Å². The first-order valence-corrected chi connectivity index (χ1v) is 9.13. The number of rotatable bonds is 6. The van der Waals surface area contributed by atoms with Gasteiger partial charge in [-0.15, -0.1) is 0 Å². The minimum absolute atomic E-state index is 0.0665. The van der Waals surface area contributed by atoms with E-state index in [4.69, 9.17) is 4.74 Å². The Labute approximate surface area is 153 Å². The van der Waals surface area contributed by atoms with Crippen molar-refractivity contribution >= 4 is 5.91 Å². The van der Waals surface area contributed by atoms with Crippen molar-refractivity contribution in [2.75, 3.05) is 13.7 Å². The molecule has 3 unspecified atom stereocenters. The molecule has 3 atom stereocenters. The van der Waals surface area contributed by atoms with E-state index in [0.717, 1.165) is 6.42 Å². The van der Waals surface area contributed by atoms with E-state index in [9.17, 15) is 18.7 Å². The first kappa shape index (κ1) is 20.6. The van der Waals surface area contributed by atoms with E-state index in [0.29, 0.717) is 12.8 Å². The predicted octanol–water partition coefficient (Wildman–Crippen LogP) is 3.73. The van der Waals surface area contributed by atoms with Crippen LogP contribution in [0.5, 0.6) is 5.75 Å². The molecule has 1 aromatic rings. The molecule has 26 heavy (non-hydrogen) atoms. The summed E-state index contributed by atoms with van der Waals surface area (Å²) in [5.74, 6) is -3.91. The zero-order valence-electron chi connectivity index (χ0n) is 15.9. The molecule has 1 aliphatic rings. The summed E-state index contributed by atoms with van der Waals surface area (Å²) in [4.78, 5) is 12.7. The summed E-state index contributed by atoms with van der Waals surface area (Å²) in [6.07, 6.45) is 1.93. The van der Waals surface area contributed by atoms with Crippen molar-refractivity contribution in [1.82, 2.24) is 5.32 Å². The summed E-state index contributed by atoms with van der Waals surface area (Å²) < 4.78 is 34.2. The van der Waals surface area contributed by atoms with Gasteiger partial charge in [-0.3, -0.25) is 4.79 Å². The lowest BCUT2D eigenvalue weighted by Gasteiger charge is -2.43. The molecule has 146 valence electrons. The third-order valence-electron chi connectivity index (χ3n) is 5.41. The zero-order chi connectivity index (χ0) is 19.5. The first-order chi connectivity index (χ1) is 12.1. The van der Waals surface area contributed by atoms with E-state index in [1.54, 1.807) is 6.07 Å². The smallest absolute Gasteiger partial charge is 0.293 e. The van der Waals surface area contributed by atoms with Gasteiger partial charge in [0.15, 0.2) is 0 Å². The van der Waals surface area contributed by atoms with Gasteiger partial charge in [0.25, 0.3) is 11.8 Å². The fraction of sp³-hybridized carbons (Fsp3) is 0.650. The fourth-order valence-corrected chi connectivity index (χ4v) is 4.02. The highest BCUT2D eigenvalue weighted by molar-refractivity contribution is 5.85. The second-order valence-corrected chi connectivity index (χ2v) is 7.75. The number of halogens is 2. The molecule has 2 rings (SSSR count). The van der Waals surface area contributed by atoms with E-state index in [1.807, 2.05) is 20.8 Å². The number of ether oxygens (including phenoxy) is 1. The summed E-state index contributed by atoms with van der Waals surface area (Å²) in [5.41, 5.74) is -1.89. The molecule has 1 fully saturated rings. The Bertz CT molecular complexity index is 635. The molecule has 0 heterocycles. The number of alkyl halides is 2. The predicted molar refractivity (Wildman–Crippen MR) is 96.2 cm³/mol. The van der Waals surface area contributed by atoms with Crippen LogP contribution in [0.15, 0.2) is 24.3 Å². The highest BCUT2D eigenvalue weighted by Crippen LogP contribution is 2.41. The Morgan fingerprint density at radius 2 is 2.04 bits per heavy atom. The van der Waals surface area contributed by atoms with Crippen LogP contribution in [-0.2, 0) is 10.7 Å². The van der Waals surface area contributed by atoms with E-state index >= 15 is 0 Å².